The SMILES string of the molecule is O=C(O)CC1CCCc2c1c(C1CC1)nn2Cc1ccccc1. The normalized spacial score (nSPS) is 20.3. The zero-order chi connectivity index (χ0) is 15.8. The van der Waals surface area contributed by atoms with Crippen LogP contribution < -0.4 is 0 Å². The summed E-state index contributed by atoms with van der Waals surface area (Å²) in [4.78, 5) is 11.2. The van der Waals surface area contributed by atoms with E-state index in [0.717, 1.165) is 25.8 Å². The molecule has 120 valence electrons. The summed E-state index contributed by atoms with van der Waals surface area (Å²) in [5, 5.41) is 14.2. The van der Waals surface area contributed by atoms with E-state index in [1.165, 1.54) is 35.4 Å². The van der Waals surface area contributed by atoms with E-state index in [2.05, 4.69) is 28.9 Å². The van der Waals surface area contributed by atoms with Gasteiger partial charge in [0.15, 0.2) is 0 Å². The van der Waals surface area contributed by atoms with Gasteiger partial charge in [0.1, 0.15) is 0 Å². The van der Waals surface area contributed by atoms with Crippen molar-refractivity contribution in [3.63, 3.8) is 0 Å². The first-order valence-corrected chi connectivity index (χ1v) is 8.57. The molecule has 1 fully saturated rings. The lowest BCUT2D eigenvalue weighted by Crippen LogP contribution is -2.16. The topological polar surface area (TPSA) is 55.1 Å². The fourth-order valence-corrected chi connectivity index (χ4v) is 3.86. The number of carboxylic acids is 1. The van der Waals surface area contributed by atoms with Crippen LogP contribution in [0.4, 0.5) is 0 Å². The molecule has 4 heteroatoms. The van der Waals surface area contributed by atoms with E-state index in [0.29, 0.717) is 5.92 Å². The number of aliphatic carboxylic acids is 1. The van der Waals surface area contributed by atoms with Crippen LogP contribution in [0.1, 0.15) is 66.5 Å². The molecule has 2 aromatic rings. The van der Waals surface area contributed by atoms with Gasteiger partial charge in [-0.25, -0.2) is 0 Å². The predicted octanol–water partition coefficient (Wildman–Crippen LogP) is 3.70. The van der Waals surface area contributed by atoms with E-state index in [1.54, 1.807) is 0 Å². The van der Waals surface area contributed by atoms with E-state index < -0.39 is 5.97 Å². The maximum Gasteiger partial charge on any atom is 0.303 e. The number of aromatic nitrogens is 2. The van der Waals surface area contributed by atoms with Crippen LogP contribution in [-0.2, 0) is 17.8 Å². The molecule has 1 heterocycles. The molecule has 2 aliphatic carbocycles. The fourth-order valence-electron chi connectivity index (χ4n) is 3.86. The minimum atomic E-state index is -0.694. The Labute approximate surface area is 136 Å². The third-order valence-electron chi connectivity index (χ3n) is 5.06. The molecule has 0 spiro atoms. The molecule has 23 heavy (non-hydrogen) atoms. The lowest BCUT2D eigenvalue weighted by Gasteiger charge is -2.23. The number of hydrogen-bond acceptors (Lipinski definition) is 2. The molecule has 1 aromatic heterocycles. The van der Waals surface area contributed by atoms with Crippen LogP contribution in [0.2, 0.25) is 0 Å². The highest BCUT2D eigenvalue weighted by Gasteiger charge is 2.36. The van der Waals surface area contributed by atoms with Gasteiger partial charge in [-0.1, -0.05) is 30.3 Å². The molecule has 1 unspecified atom stereocenters. The third kappa shape index (κ3) is 2.90. The van der Waals surface area contributed by atoms with Crippen molar-refractivity contribution in [3.05, 3.63) is 52.8 Å². The van der Waals surface area contributed by atoms with Crippen molar-refractivity contribution in [2.45, 2.75) is 56.9 Å². The maximum absolute atomic E-state index is 11.2. The summed E-state index contributed by atoms with van der Waals surface area (Å²) < 4.78 is 2.15. The van der Waals surface area contributed by atoms with E-state index in [-0.39, 0.29) is 12.3 Å². The second-order valence-corrected chi connectivity index (χ2v) is 6.85. The van der Waals surface area contributed by atoms with Crippen molar-refractivity contribution in [1.29, 1.82) is 0 Å². The Kier molecular flexibility index (Phi) is 3.68. The fraction of sp³-hybridized carbons (Fsp3) is 0.474. The smallest absolute Gasteiger partial charge is 0.303 e. The molecule has 1 saturated carbocycles. The second kappa shape index (κ2) is 5.84. The van der Waals surface area contributed by atoms with Crippen LogP contribution in [0.15, 0.2) is 30.3 Å². The molecule has 4 nitrogen and oxygen atoms in total. The highest BCUT2D eigenvalue weighted by atomic mass is 16.4. The van der Waals surface area contributed by atoms with Crippen molar-refractivity contribution in [3.8, 4) is 0 Å². The van der Waals surface area contributed by atoms with Gasteiger partial charge in [0.25, 0.3) is 0 Å². The molecule has 4 rings (SSSR count). The molecule has 0 amide bonds. The number of fused-ring (bicyclic) bond motifs is 1. The Morgan fingerprint density at radius 3 is 2.70 bits per heavy atom. The number of carboxylic acid groups (broad SMARTS) is 1. The number of benzene rings is 1. The van der Waals surface area contributed by atoms with E-state index in [9.17, 15) is 9.90 Å². The molecule has 1 aromatic carbocycles. The molecule has 2 aliphatic rings. The van der Waals surface area contributed by atoms with Crippen molar-refractivity contribution in [2.75, 3.05) is 0 Å². The quantitative estimate of drug-likeness (QED) is 0.916. The van der Waals surface area contributed by atoms with Crippen LogP contribution >= 0.6 is 0 Å². The van der Waals surface area contributed by atoms with Gasteiger partial charge in [-0.2, -0.15) is 5.10 Å². The summed E-state index contributed by atoms with van der Waals surface area (Å²) in [7, 11) is 0. The zero-order valence-corrected chi connectivity index (χ0v) is 13.2. The summed E-state index contributed by atoms with van der Waals surface area (Å²) in [6, 6.07) is 10.4. The minimum absolute atomic E-state index is 0.149. The number of rotatable bonds is 5. The number of carbonyl (C=O) groups is 1. The van der Waals surface area contributed by atoms with Gasteiger partial charge in [-0.05, 0) is 43.6 Å². The summed E-state index contributed by atoms with van der Waals surface area (Å²) in [6.07, 6.45) is 5.72. The van der Waals surface area contributed by atoms with E-state index in [4.69, 9.17) is 5.10 Å². The van der Waals surface area contributed by atoms with Crippen molar-refractivity contribution in [2.24, 2.45) is 0 Å². The van der Waals surface area contributed by atoms with Gasteiger partial charge in [-0.3, -0.25) is 9.48 Å². The van der Waals surface area contributed by atoms with Gasteiger partial charge >= 0.3 is 5.97 Å². The van der Waals surface area contributed by atoms with Crippen LogP contribution in [0.3, 0.4) is 0 Å². The zero-order valence-electron chi connectivity index (χ0n) is 13.2. The molecule has 0 radical (unpaired) electrons. The average Bonchev–Trinajstić information content (AvgIpc) is 3.32. The first kappa shape index (κ1) is 14.5. The van der Waals surface area contributed by atoms with Crippen LogP contribution in [0.5, 0.6) is 0 Å². The molecule has 0 saturated heterocycles. The lowest BCUT2D eigenvalue weighted by molar-refractivity contribution is -0.137. The Morgan fingerprint density at radius 1 is 1.22 bits per heavy atom. The second-order valence-electron chi connectivity index (χ2n) is 6.85. The number of hydrogen-bond donors (Lipinski definition) is 1. The summed E-state index contributed by atoms with van der Waals surface area (Å²) >= 11 is 0. The van der Waals surface area contributed by atoms with Gasteiger partial charge < -0.3 is 5.11 Å². The van der Waals surface area contributed by atoms with Crippen molar-refractivity contribution >= 4 is 5.97 Å². The van der Waals surface area contributed by atoms with E-state index >= 15 is 0 Å². The van der Waals surface area contributed by atoms with Crippen LogP contribution in [-0.4, -0.2) is 20.9 Å². The molecule has 1 atom stereocenters. The van der Waals surface area contributed by atoms with Gasteiger partial charge in [0, 0.05) is 17.2 Å². The van der Waals surface area contributed by atoms with Gasteiger partial charge in [0.05, 0.1) is 18.7 Å². The highest BCUT2D eigenvalue weighted by Crippen LogP contribution is 2.47. The maximum atomic E-state index is 11.2. The van der Waals surface area contributed by atoms with Crippen molar-refractivity contribution < 1.29 is 9.90 Å². The standard InChI is InChI=1S/C19H22N2O2/c22-17(23)11-15-7-4-8-16-18(15)19(14-9-10-14)20-21(16)12-13-5-2-1-3-6-13/h1-3,5-6,14-15H,4,7-12H2,(H,22,23). The Bertz CT molecular complexity index is 716. The predicted molar refractivity (Wildman–Crippen MR) is 87.7 cm³/mol. The van der Waals surface area contributed by atoms with Crippen LogP contribution in [0, 0.1) is 0 Å². The monoisotopic (exact) mass is 310 g/mol. The Balaban J connectivity index is 1.72. The Hall–Kier alpha value is -2.10. The average molecular weight is 310 g/mol. The molecular formula is C19H22N2O2. The largest absolute Gasteiger partial charge is 0.481 e. The van der Waals surface area contributed by atoms with Gasteiger partial charge in [-0.15, -0.1) is 0 Å². The van der Waals surface area contributed by atoms with E-state index in [1.807, 2.05) is 6.07 Å². The number of nitrogens with zero attached hydrogens (tertiary/aromatic N) is 2. The molecule has 0 aliphatic heterocycles. The molecule has 0 bridgehead atoms. The molecular weight excluding hydrogens is 288 g/mol. The Morgan fingerprint density at radius 2 is 2.00 bits per heavy atom. The molecule has 1 N–H and O–H groups in total. The van der Waals surface area contributed by atoms with Crippen molar-refractivity contribution in [1.82, 2.24) is 9.78 Å². The van der Waals surface area contributed by atoms with Crippen LogP contribution in [0.25, 0.3) is 0 Å². The minimum Gasteiger partial charge on any atom is -0.481 e. The first-order valence-electron chi connectivity index (χ1n) is 8.57. The summed E-state index contributed by atoms with van der Waals surface area (Å²) in [5.74, 6) is 0.0203. The summed E-state index contributed by atoms with van der Waals surface area (Å²) in [6.45, 7) is 0.787. The lowest BCUT2D eigenvalue weighted by atomic mass is 9.82. The van der Waals surface area contributed by atoms with Gasteiger partial charge in [0.2, 0.25) is 0 Å². The first-order chi connectivity index (χ1) is 11.2. The third-order valence-corrected chi connectivity index (χ3v) is 5.06. The highest BCUT2D eigenvalue weighted by molar-refractivity contribution is 5.68. The summed E-state index contributed by atoms with van der Waals surface area (Å²) in [5.41, 5.74) is 5.01.